The third-order valence-corrected chi connectivity index (χ3v) is 3.25. The van der Waals surface area contributed by atoms with Crippen LogP contribution >= 0.6 is 11.6 Å². The van der Waals surface area contributed by atoms with Crippen molar-refractivity contribution in [1.82, 2.24) is 5.32 Å². The molecule has 7 heteroatoms. The third kappa shape index (κ3) is 3.70. The molecule has 0 saturated carbocycles. The van der Waals surface area contributed by atoms with Gasteiger partial charge in [-0.2, -0.15) is 13.2 Å². The summed E-state index contributed by atoms with van der Waals surface area (Å²) in [6.45, 7) is 2.93. The first-order chi connectivity index (χ1) is 9.40. The number of nitrogens with one attached hydrogen (secondary N) is 1. The van der Waals surface area contributed by atoms with Gasteiger partial charge >= 0.3 is 6.18 Å². The highest BCUT2D eigenvalue weighted by Gasteiger charge is 2.33. The lowest BCUT2D eigenvalue weighted by molar-refractivity contribution is -0.140. The minimum Gasteiger partial charge on any atom is -0.486 e. The summed E-state index contributed by atoms with van der Waals surface area (Å²) in [5.41, 5.74) is 0.370. The number of hydrogen-bond acceptors (Lipinski definition) is 3. The zero-order valence-electron chi connectivity index (χ0n) is 10.9. The van der Waals surface area contributed by atoms with E-state index < -0.39 is 18.6 Å². The summed E-state index contributed by atoms with van der Waals surface area (Å²) in [7, 11) is 0. The number of rotatable bonds is 4. The Kier molecular flexibility index (Phi) is 4.65. The summed E-state index contributed by atoms with van der Waals surface area (Å²) in [5, 5.41) is 3.04. The van der Waals surface area contributed by atoms with E-state index in [2.05, 4.69) is 5.32 Å². The Morgan fingerprint density at radius 2 is 1.85 bits per heavy atom. The van der Waals surface area contributed by atoms with Crippen LogP contribution in [0.3, 0.4) is 0 Å². The highest BCUT2D eigenvalue weighted by atomic mass is 35.5. The molecule has 0 fully saturated rings. The van der Waals surface area contributed by atoms with Crippen molar-refractivity contribution in [2.24, 2.45) is 0 Å². The summed E-state index contributed by atoms with van der Waals surface area (Å²) < 4.78 is 48.7. The fourth-order valence-corrected chi connectivity index (χ4v) is 2.40. The SMILES string of the molecule is CCNC(CC(F)(F)F)c1cc2c(cc1Cl)OCCO2. The molecule has 0 radical (unpaired) electrons. The average Bonchev–Trinajstić information content (AvgIpc) is 2.36. The first-order valence-corrected chi connectivity index (χ1v) is 6.67. The first kappa shape index (κ1) is 15.3. The molecule has 3 nitrogen and oxygen atoms in total. The molecule has 1 aromatic carbocycles. The van der Waals surface area contributed by atoms with Gasteiger partial charge in [0.1, 0.15) is 13.2 Å². The smallest absolute Gasteiger partial charge is 0.390 e. The van der Waals surface area contributed by atoms with Crippen LogP contribution in [0.15, 0.2) is 12.1 Å². The third-order valence-electron chi connectivity index (χ3n) is 2.92. The molecule has 0 amide bonds. The van der Waals surface area contributed by atoms with Crippen LogP contribution in [0.25, 0.3) is 0 Å². The van der Waals surface area contributed by atoms with Crippen molar-refractivity contribution in [1.29, 1.82) is 0 Å². The summed E-state index contributed by atoms with van der Waals surface area (Å²) in [4.78, 5) is 0. The van der Waals surface area contributed by atoms with Gasteiger partial charge in [0, 0.05) is 17.1 Å². The van der Waals surface area contributed by atoms with E-state index >= 15 is 0 Å². The van der Waals surface area contributed by atoms with E-state index in [1.807, 2.05) is 0 Å². The number of halogens is 4. The molecule has 112 valence electrons. The molecule has 1 unspecified atom stereocenters. The van der Waals surface area contributed by atoms with Crippen LogP contribution in [0.2, 0.25) is 5.02 Å². The molecule has 1 aliphatic heterocycles. The largest absolute Gasteiger partial charge is 0.486 e. The summed E-state index contributed by atoms with van der Waals surface area (Å²) >= 11 is 6.08. The van der Waals surface area contributed by atoms with Gasteiger partial charge in [0.15, 0.2) is 11.5 Å². The van der Waals surface area contributed by atoms with Gasteiger partial charge in [-0.05, 0) is 18.2 Å². The fraction of sp³-hybridized carbons (Fsp3) is 0.538. The van der Waals surface area contributed by atoms with Gasteiger partial charge in [0.2, 0.25) is 0 Å². The summed E-state index contributed by atoms with van der Waals surface area (Å²) in [6.07, 6.45) is -5.26. The maximum atomic E-state index is 12.6. The van der Waals surface area contributed by atoms with Crippen molar-refractivity contribution in [3.05, 3.63) is 22.7 Å². The van der Waals surface area contributed by atoms with Crippen molar-refractivity contribution in [2.45, 2.75) is 25.6 Å². The summed E-state index contributed by atoms with van der Waals surface area (Å²) in [6, 6.07) is 2.13. The topological polar surface area (TPSA) is 30.5 Å². The van der Waals surface area contributed by atoms with Gasteiger partial charge in [0.25, 0.3) is 0 Å². The predicted octanol–water partition coefficient (Wildman–Crippen LogP) is 3.71. The zero-order valence-corrected chi connectivity index (χ0v) is 11.6. The Hall–Kier alpha value is -1.14. The lowest BCUT2D eigenvalue weighted by Crippen LogP contribution is -2.27. The van der Waals surface area contributed by atoms with Crippen LogP contribution in [0.4, 0.5) is 13.2 Å². The van der Waals surface area contributed by atoms with Gasteiger partial charge in [-0.15, -0.1) is 0 Å². The zero-order chi connectivity index (χ0) is 14.8. The molecule has 0 bridgehead atoms. The molecular formula is C13H15ClF3NO2. The Morgan fingerprint density at radius 1 is 1.25 bits per heavy atom. The van der Waals surface area contributed by atoms with E-state index in [0.717, 1.165) is 0 Å². The second-order valence-corrected chi connectivity index (χ2v) is 4.85. The second kappa shape index (κ2) is 6.10. The maximum Gasteiger partial charge on any atom is 0.390 e. The molecule has 1 N–H and O–H groups in total. The van der Waals surface area contributed by atoms with Gasteiger partial charge < -0.3 is 14.8 Å². The number of benzene rings is 1. The minimum absolute atomic E-state index is 0.240. The van der Waals surface area contributed by atoms with Crippen molar-refractivity contribution < 1.29 is 22.6 Å². The Bertz CT molecular complexity index is 479. The van der Waals surface area contributed by atoms with Gasteiger partial charge in [-0.3, -0.25) is 0 Å². The van der Waals surface area contributed by atoms with Crippen LogP contribution < -0.4 is 14.8 Å². The van der Waals surface area contributed by atoms with Gasteiger partial charge in [-0.1, -0.05) is 18.5 Å². The molecule has 1 aromatic rings. The van der Waals surface area contributed by atoms with Crippen molar-refractivity contribution >= 4 is 11.6 Å². The fourth-order valence-electron chi connectivity index (χ4n) is 2.12. The first-order valence-electron chi connectivity index (χ1n) is 6.30. The number of fused-ring (bicyclic) bond motifs is 1. The second-order valence-electron chi connectivity index (χ2n) is 4.45. The van der Waals surface area contributed by atoms with Crippen molar-refractivity contribution in [3.63, 3.8) is 0 Å². The van der Waals surface area contributed by atoms with E-state index in [-0.39, 0.29) is 5.02 Å². The Labute approximate surface area is 120 Å². The van der Waals surface area contributed by atoms with E-state index in [1.165, 1.54) is 12.1 Å². The Morgan fingerprint density at radius 3 is 2.40 bits per heavy atom. The van der Waals surface area contributed by atoms with Crippen LogP contribution in [0.1, 0.15) is 24.9 Å². The predicted molar refractivity (Wildman–Crippen MR) is 69.5 cm³/mol. The molecule has 1 atom stereocenters. The minimum atomic E-state index is -4.27. The van der Waals surface area contributed by atoms with Crippen LogP contribution in [0.5, 0.6) is 11.5 Å². The lowest BCUT2D eigenvalue weighted by Gasteiger charge is -2.24. The van der Waals surface area contributed by atoms with E-state index in [1.54, 1.807) is 6.92 Å². The average molecular weight is 310 g/mol. The molecule has 1 aliphatic rings. The normalized spacial score (nSPS) is 16.1. The van der Waals surface area contributed by atoms with Crippen LogP contribution in [0, 0.1) is 0 Å². The van der Waals surface area contributed by atoms with E-state index in [0.29, 0.717) is 36.8 Å². The lowest BCUT2D eigenvalue weighted by atomic mass is 10.0. The highest BCUT2D eigenvalue weighted by Crippen LogP contribution is 2.40. The van der Waals surface area contributed by atoms with Gasteiger partial charge in [0.05, 0.1) is 6.42 Å². The quantitative estimate of drug-likeness (QED) is 0.919. The molecule has 2 rings (SSSR count). The monoisotopic (exact) mass is 309 g/mol. The molecule has 0 spiro atoms. The Balaban J connectivity index is 2.32. The van der Waals surface area contributed by atoms with Crippen molar-refractivity contribution in [3.8, 4) is 11.5 Å². The number of ether oxygens (including phenoxy) is 2. The van der Waals surface area contributed by atoms with Gasteiger partial charge in [-0.25, -0.2) is 0 Å². The molecule has 0 saturated heterocycles. The van der Waals surface area contributed by atoms with Crippen LogP contribution in [-0.4, -0.2) is 25.9 Å². The van der Waals surface area contributed by atoms with Crippen LogP contribution in [-0.2, 0) is 0 Å². The molecule has 0 aromatic heterocycles. The maximum absolute atomic E-state index is 12.6. The molecule has 0 aliphatic carbocycles. The van der Waals surface area contributed by atoms with E-state index in [4.69, 9.17) is 21.1 Å². The molecular weight excluding hydrogens is 295 g/mol. The highest BCUT2D eigenvalue weighted by molar-refractivity contribution is 6.31. The van der Waals surface area contributed by atoms with Crippen molar-refractivity contribution in [2.75, 3.05) is 19.8 Å². The molecule has 20 heavy (non-hydrogen) atoms. The number of alkyl halides is 3. The summed E-state index contributed by atoms with van der Waals surface area (Å²) in [5.74, 6) is 0.896. The van der Waals surface area contributed by atoms with E-state index in [9.17, 15) is 13.2 Å². The molecule has 1 heterocycles. The number of hydrogen-bond donors (Lipinski definition) is 1. The standard InChI is InChI=1S/C13H15ClF3NO2/c1-2-18-10(7-13(15,16)17)8-5-11-12(6-9(8)14)20-4-3-19-11/h5-6,10,18H,2-4,7H2,1H3.